The van der Waals surface area contributed by atoms with Crippen molar-refractivity contribution in [1.82, 2.24) is 24.3 Å². The molecule has 0 spiro atoms. The van der Waals surface area contributed by atoms with Crippen molar-refractivity contribution in [3.8, 4) is 6.01 Å². The number of methoxy groups -OCH3 is 1. The number of hydrogen-bond acceptors (Lipinski definition) is 5. The zero-order valence-corrected chi connectivity index (χ0v) is 9.01. The Morgan fingerprint density at radius 2 is 2.12 bits per heavy atom. The first-order chi connectivity index (χ1) is 7.79. The summed E-state index contributed by atoms with van der Waals surface area (Å²) in [6.07, 6.45) is 4.90. The zero-order chi connectivity index (χ0) is 11.1. The highest BCUT2D eigenvalue weighted by atomic mass is 35.5. The van der Waals surface area contributed by atoms with Crippen LogP contribution in [0.2, 0.25) is 5.15 Å². The fraction of sp³-hybridized carbons (Fsp3) is 0.111. The maximum Gasteiger partial charge on any atom is 0.318 e. The van der Waals surface area contributed by atoms with Crippen molar-refractivity contribution < 1.29 is 4.74 Å². The molecule has 0 aromatic carbocycles. The number of fused-ring (bicyclic) bond motifs is 3. The summed E-state index contributed by atoms with van der Waals surface area (Å²) in [4.78, 5) is 16.3. The van der Waals surface area contributed by atoms with Crippen molar-refractivity contribution >= 4 is 28.3 Å². The summed E-state index contributed by atoms with van der Waals surface area (Å²) >= 11 is 6.00. The largest absolute Gasteiger partial charge is 0.467 e. The van der Waals surface area contributed by atoms with E-state index in [1.54, 1.807) is 23.1 Å². The number of ether oxygens (including phenoxy) is 1. The van der Waals surface area contributed by atoms with Crippen molar-refractivity contribution in [2.24, 2.45) is 0 Å². The Morgan fingerprint density at radius 1 is 1.25 bits per heavy atom. The van der Waals surface area contributed by atoms with Crippen LogP contribution in [0.1, 0.15) is 0 Å². The normalized spacial score (nSPS) is 11.1. The number of halogens is 1. The maximum atomic E-state index is 6.00. The molecule has 0 fully saturated rings. The minimum atomic E-state index is 0.260. The lowest BCUT2D eigenvalue weighted by molar-refractivity contribution is 0.381. The number of rotatable bonds is 1. The van der Waals surface area contributed by atoms with Gasteiger partial charge in [-0.2, -0.15) is 4.98 Å². The van der Waals surface area contributed by atoms with Gasteiger partial charge in [0, 0.05) is 0 Å². The van der Waals surface area contributed by atoms with Crippen molar-refractivity contribution in [3.63, 3.8) is 0 Å². The molecule has 0 bridgehead atoms. The first-order valence-electron chi connectivity index (χ1n) is 4.48. The smallest absolute Gasteiger partial charge is 0.318 e. The monoisotopic (exact) mass is 235 g/mol. The van der Waals surface area contributed by atoms with Crippen molar-refractivity contribution in [3.05, 3.63) is 23.9 Å². The Balaban J connectivity index is 2.48. The number of nitrogens with zero attached hydrogens (tertiary/aromatic N) is 5. The molecule has 3 heterocycles. The van der Waals surface area contributed by atoms with Crippen LogP contribution >= 0.6 is 11.6 Å². The van der Waals surface area contributed by atoms with Gasteiger partial charge in [-0.3, -0.25) is 4.40 Å². The Hall–Kier alpha value is -1.95. The molecule has 16 heavy (non-hydrogen) atoms. The summed E-state index contributed by atoms with van der Waals surface area (Å²) in [6, 6.07) is 0.260. The van der Waals surface area contributed by atoms with Crippen LogP contribution in [-0.4, -0.2) is 31.4 Å². The summed E-state index contributed by atoms with van der Waals surface area (Å²) in [6.45, 7) is 0. The molecule has 0 aliphatic rings. The number of imidazole rings is 1. The van der Waals surface area contributed by atoms with Crippen LogP contribution in [0.5, 0.6) is 6.01 Å². The second-order valence-electron chi connectivity index (χ2n) is 3.12. The highest BCUT2D eigenvalue weighted by Crippen LogP contribution is 2.20. The van der Waals surface area contributed by atoms with Crippen LogP contribution in [0.15, 0.2) is 18.7 Å². The van der Waals surface area contributed by atoms with E-state index >= 15 is 0 Å². The quantitative estimate of drug-likeness (QED) is 0.637. The van der Waals surface area contributed by atoms with Gasteiger partial charge in [-0.05, 0) is 0 Å². The second-order valence-corrected chi connectivity index (χ2v) is 3.48. The van der Waals surface area contributed by atoms with E-state index in [4.69, 9.17) is 16.3 Å². The lowest BCUT2D eigenvalue weighted by Gasteiger charge is -2.03. The standard InChI is InChI=1S/C9H6ClN5O/c1-16-9-12-3-6-8(14-9)13-7(10)5-2-11-4-15(5)6/h2-4H,1H3. The van der Waals surface area contributed by atoms with Crippen LogP contribution in [-0.2, 0) is 0 Å². The summed E-state index contributed by atoms with van der Waals surface area (Å²) in [7, 11) is 1.50. The third-order valence-electron chi connectivity index (χ3n) is 2.22. The maximum absolute atomic E-state index is 6.00. The van der Waals surface area contributed by atoms with E-state index in [0.717, 1.165) is 11.0 Å². The van der Waals surface area contributed by atoms with Gasteiger partial charge in [0.05, 0.1) is 25.8 Å². The minimum Gasteiger partial charge on any atom is -0.467 e. The predicted molar refractivity (Wildman–Crippen MR) is 57.6 cm³/mol. The first kappa shape index (κ1) is 9.29. The van der Waals surface area contributed by atoms with Gasteiger partial charge in [-0.15, -0.1) is 0 Å². The Labute approximate surface area is 94.9 Å². The molecule has 3 rings (SSSR count). The van der Waals surface area contributed by atoms with Gasteiger partial charge in [0.25, 0.3) is 0 Å². The van der Waals surface area contributed by atoms with Crippen LogP contribution in [0.25, 0.3) is 16.7 Å². The summed E-state index contributed by atoms with van der Waals surface area (Å²) < 4.78 is 6.71. The molecule has 0 radical (unpaired) electrons. The predicted octanol–water partition coefficient (Wildman–Crippen LogP) is 1.33. The van der Waals surface area contributed by atoms with E-state index < -0.39 is 0 Å². The zero-order valence-electron chi connectivity index (χ0n) is 8.25. The van der Waals surface area contributed by atoms with Crippen molar-refractivity contribution in [1.29, 1.82) is 0 Å². The van der Waals surface area contributed by atoms with E-state index in [0.29, 0.717) is 10.8 Å². The van der Waals surface area contributed by atoms with Gasteiger partial charge in [0.1, 0.15) is 11.0 Å². The first-order valence-corrected chi connectivity index (χ1v) is 4.85. The Morgan fingerprint density at radius 3 is 2.94 bits per heavy atom. The molecule has 0 aliphatic carbocycles. The van der Waals surface area contributed by atoms with E-state index in [9.17, 15) is 0 Å². The van der Waals surface area contributed by atoms with E-state index in [1.165, 1.54) is 7.11 Å². The average molecular weight is 236 g/mol. The molecule has 3 aromatic heterocycles. The second kappa shape index (κ2) is 3.28. The molecular formula is C9H6ClN5O. The molecule has 80 valence electrons. The Bertz CT molecular complexity index is 680. The van der Waals surface area contributed by atoms with E-state index in [1.807, 2.05) is 0 Å². The van der Waals surface area contributed by atoms with Gasteiger partial charge in [-0.25, -0.2) is 15.0 Å². The molecule has 6 nitrogen and oxygen atoms in total. The number of hydrogen-bond donors (Lipinski definition) is 0. The van der Waals surface area contributed by atoms with E-state index in [-0.39, 0.29) is 6.01 Å². The van der Waals surface area contributed by atoms with Gasteiger partial charge in [0.2, 0.25) is 0 Å². The molecular weight excluding hydrogens is 230 g/mol. The minimum absolute atomic E-state index is 0.260. The molecule has 0 atom stereocenters. The summed E-state index contributed by atoms with van der Waals surface area (Å²) in [5, 5.41) is 0.353. The van der Waals surface area contributed by atoms with E-state index in [2.05, 4.69) is 19.9 Å². The van der Waals surface area contributed by atoms with Crippen LogP contribution < -0.4 is 4.74 Å². The van der Waals surface area contributed by atoms with Crippen molar-refractivity contribution in [2.45, 2.75) is 0 Å². The summed E-state index contributed by atoms with van der Waals surface area (Å²) in [5.74, 6) is 0. The molecule has 0 unspecified atom stereocenters. The number of aromatic nitrogens is 5. The third kappa shape index (κ3) is 1.20. The molecule has 0 aliphatic heterocycles. The van der Waals surface area contributed by atoms with Crippen molar-refractivity contribution in [2.75, 3.05) is 7.11 Å². The fourth-order valence-electron chi connectivity index (χ4n) is 1.49. The van der Waals surface area contributed by atoms with Crippen LogP contribution in [0.4, 0.5) is 0 Å². The van der Waals surface area contributed by atoms with Crippen LogP contribution in [0.3, 0.4) is 0 Å². The molecule has 7 heteroatoms. The topological polar surface area (TPSA) is 65.2 Å². The van der Waals surface area contributed by atoms with Gasteiger partial charge in [-0.1, -0.05) is 11.6 Å². The average Bonchev–Trinajstić information content (AvgIpc) is 2.78. The Kier molecular flexibility index (Phi) is 1.90. The fourth-order valence-corrected chi connectivity index (χ4v) is 1.71. The SMILES string of the molecule is COc1ncc2c(n1)nc(Cl)c1cncn12. The molecule has 0 saturated carbocycles. The van der Waals surface area contributed by atoms with Crippen LogP contribution in [0, 0.1) is 0 Å². The highest BCUT2D eigenvalue weighted by molar-refractivity contribution is 6.32. The molecule has 0 saturated heterocycles. The molecule has 3 aromatic rings. The van der Waals surface area contributed by atoms with Gasteiger partial charge in [0.15, 0.2) is 10.8 Å². The van der Waals surface area contributed by atoms with Gasteiger partial charge < -0.3 is 4.74 Å². The molecule has 0 N–H and O–H groups in total. The third-order valence-corrected chi connectivity index (χ3v) is 2.50. The summed E-state index contributed by atoms with van der Waals surface area (Å²) in [5.41, 5.74) is 1.93. The van der Waals surface area contributed by atoms with Gasteiger partial charge >= 0.3 is 6.01 Å². The highest BCUT2D eigenvalue weighted by Gasteiger charge is 2.09. The molecule has 0 amide bonds. The lowest BCUT2D eigenvalue weighted by atomic mass is 10.5. The lowest BCUT2D eigenvalue weighted by Crippen LogP contribution is -1.98.